The molecule has 4 nitrogen and oxygen atoms in total. The molecule has 92 valence electrons. The highest BCUT2D eigenvalue weighted by molar-refractivity contribution is 5.97. The van der Waals surface area contributed by atoms with Gasteiger partial charge >= 0.3 is 0 Å². The van der Waals surface area contributed by atoms with Crippen LogP contribution in [0.15, 0.2) is 18.2 Å². The molecular formula is C11H10F2O4. The first-order valence-electron chi connectivity index (χ1n) is 4.95. The minimum absolute atomic E-state index is 0.120. The molecule has 0 fully saturated rings. The third kappa shape index (κ3) is 2.91. The molecule has 0 aliphatic carbocycles. The van der Waals surface area contributed by atoms with E-state index in [1.165, 1.54) is 6.07 Å². The van der Waals surface area contributed by atoms with E-state index in [0.29, 0.717) is 17.1 Å². The van der Waals surface area contributed by atoms with Gasteiger partial charge in [-0.3, -0.25) is 4.79 Å². The Balaban J connectivity index is 1.95. The van der Waals surface area contributed by atoms with Crippen LogP contribution in [0.5, 0.6) is 11.5 Å². The zero-order valence-corrected chi connectivity index (χ0v) is 8.82. The van der Waals surface area contributed by atoms with Crippen molar-refractivity contribution in [3.8, 4) is 11.5 Å². The summed E-state index contributed by atoms with van der Waals surface area (Å²) in [6.45, 7) is -0.991. The number of alkyl halides is 2. The van der Waals surface area contributed by atoms with Crippen LogP contribution in [0.1, 0.15) is 10.4 Å². The average molecular weight is 244 g/mol. The van der Waals surface area contributed by atoms with Gasteiger partial charge in [0, 0.05) is 5.56 Å². The molecule has 0 unspecified atom stereocenters. The normalized spacial score (nSPS) is 13.1. The van der Waals surface area contributed by atoms with Crippen LogP contribution in [0, 0.1) is 0 Å². The van der Waals surface area contributed by atoms with Gasteiger partial charge in [-0.2, -0.15) is 0 Å². The molecule has 0 spiro atoms. The van der Waals surface area contributed by atoms with Crippen LogP contribution in [0.2, 0.25) is 0 Å². The van der Waals surface area contributed by atoms with Gasteiger partial charge in [0.15, 0.2) is 17.3 Å². The van der Waals surface area contributed by atoms with Crippen molar-refractivity contribution in [2.45, 2.75) is 6.43 Å². The number of hydrogen-bond acceptors (Lipinski definition) is 4. The Morgan fingerprint density at radius 1 is 1.35 bits per heavy atom. The molecule has 1 aromatic carbocycles. The zero-order chi connectivity index (χ0) is 12.3. The van der Waals surface area contributed by atoms with Gasteiger partial charge in [-0.1, -0.05) is 0 Å². The van der Waals surface area contributed by atoms with Crippen molar-refractivity contribution in [2.24, 2.45) is 0 Å². The first-order chi connectivity index (χ1) is 8.16. The van der Waals surface area contributed by atoms with Gasteiger partial charge in [0.25, 0.3) is 6.43 Å². The smallest absolute Gasteiger partial charge is 0.261 e. The summed E-state index contributed by atoms with van der Waals surface area (Å²) in [6.07, 6.45) is -2.57. The third-order valence-corrected chi connectivity index (χ3v) is 2.17. The maximum absolute atomic E-state index is 11.8. The number of ketones is 1. The summed E-state index contributed by atoms with van der Waals surface area (Å²) in [5.41, 5.74) is 0.350. The highest BCUT2D eigenvalue weighted by Gasteiger charge is 2.16. The topological polar surface area (TPSA) is 44.8 Å². The SMILES string of the molecule is O=C(COCC(F)F)c1ccc2c(c1)OCO2. The summed E-state index contributed by atoms with van der Waals surface area (Å²) in [5, 5.41) is 0. The molecule has 0 aromatic heterocycles. The number of carbonyl (C=O) groups excluding carboxylic acids is 1. The lowest BCUT2D eigenvalue weighted by atomic mass is 10.1. The van der Waals surface area contributed by atoms with Crippen molar-refractivity contribution in [3.05, 3.63) is 23.8 Å². The molecule has 0 saturated heterocycles. The Morgan fingerprint density at radius 2 is 2.12 bits per heavy atom. The Labute approximate surface area is 96.1 Å². The molecule has 0 saturated carbocycles. The summed E-state index contributed by atoms with van der Waals surface area (Å²) in [5.74, 6) is 0.670. The van der Waals surface area contributed by atoms with E-state index in [2.05, 4.69) is 4.74 Å². The van der Waals surface area contributed by atoms with E-state index in [9.17, 15) is 13.6 Å². The number of benzene rings is 1. The van der Waals surface area contributed by atoms with E-state index in [1.54, 1.807) is 12.1 Å². The van der Waals surface area contributed by atoms with Gasteiger partial charge in [0.2, 0.25) is 6.79 Å². The standard InChI is InChI=1S/C11H10F2O4/c12-11(13)5-15-4-8(14)7-1-2-9-10(3-7)17-6-16-9/h1-3,11H,4-6H2. The lowest BCUT2D eigenvalue weighted by Gasteiger charge is -2.04. The number of rotatable bonds is 5. The second-order valence-electron chi connectivity index (χ2n) is 3.40. The summed E-state index contributed by atoms with van der Waals surface area (Å²) in [7, 11) is 0. The highest BCUT2D eigenvalue weighted by Crippen LogP contribution is 2.32. The van der Waals surface area contributed by atoms with Crippen molar-refractivity contribution in [2.75, 3.05) is 20.0 Å². The quantitative estimate of drug-likeness (QED) is 0.742. The van der Waals surface area contributed by atoms with Crippen LogP contribution >= 0.6 is 0 Å². The predicted molar refractivity (Wildman–Crippen MR) is 53.7 cm³/mol. The zero-order valence-electron chi connectivity index (χ0n) is 8.82. The fraction of sp³-hybridized carbons (Fsp3) is 0.364. The van der Waals surface area contributed by atoms with Gasteiger partial charge in [-0.15, -0.1) is 0 Å². The summed E-state index contributed by atoms with van der Waals surface area (Å²) in [6, 6.07) is 4.65. The fourth-order valence-corrected chi connectivity index (χ4v) is 1.39. The number of ether oxygens (including phenoxy) is 3. The second-order valence-corrected chi connectivity index (χ2v) is 3.40. The molecule has 0 bridgehead atoms. The Hall–Kier alpha value is -1.69. The van der Waals surface area contributed by atoms with Crippen molar-refractivity contribution in [1.82, 2.24) is 0 Å². The van der Waals surface area contributed by atoms with E-state index >= 15 is 0 Å². The molecule has 2 rings (SSSR count). The van der Waals surface area contributed by atoms with Crippen LogP contribution in [-0.2, 0) is 4.74 Å². The molecule has 0 radical (unpaired) electrons. The number of carbonyl (C=O) groups is 1. The monoisotopic (exact) mass is 244 g/mol. The van der Waals surface area contributed by atoms with E-state index < -0.39 is 13.0 Å². The minimum Gasteiger partial charge on any atom is -0.454 e. The lowest BCUT2D eigenvalue weighted by Crippen LogP contribution is -2.13. The maximum atomic E-state index is 11.8. The van der Waals surface area contributed by atoms with Gasteiger partial charge in [0.1, 0.15) is 13.2 Å². The maximum Gasteiger partial charge on any atom is 0.261 e. The molecule has 0 amide bonds. The lowest BCUT2D eigenvalue weighted by molar-refractivity contribution is 0.0196. The molecule has 1 heterocycles. The van der Waals surface area contributed by atoms with E-state index in [-0.39, 0.29) is 19.2 Å². The second kappa shape index (κ2) is 5.09. The summed E-state index contributed by atoms with van der Waals surface area (Å²) < 4.78 is 38.3. The van der Waals surface area contributed by atoms with Crippen molar-refractivity contribution >= 4 is 5.78 Å². The van der Waals surface area contributed by atoms with E-state index in [1.807, 2.05) is 0 Å². The summed E-state index contributed by atoms with van der Waals surface area (Å²) >= 11 is 0. The Bertz CT molecular complexity index is 420. The van der Waals surface area contributed by atoms with Crippen molar-refractivity contribution < 1.29 is 27.8 Å². The molecule has 1 aromatic rings. The first kappa shape index (κ1) is 11.8. The number of hydrogen-bond donors (Lipinski definition) is 0. The largest absolute Gasteiger partial charge is 0.454 e. The molecule has 0 N–H and O–H groups in total. The first-order valence-corrected chi connectivity index (χ1v) is 4.95. The molecular weight excluding hydrogens is 234 g/mol. The molecule has 0 atom stereocenters. The molecule has 6 heteroatoms. The number of halogens is 2. The van der Waals surface area contributed by atoms with Crippen molar-refractivity contribution in [3.63, 3.8) is 0 Å². The third-order valence-electron chi connectivity index (χ3n) is 2.17. The summed E-state index contributed by atoms with van der Waals surface area (Å²) in [4.78, 5) is 11.6. The van der Waals surface area contributed by atoms with Crippen LogP contribution in [0.3, 0.4) is 0 Å². The molecule has 1 aliphatic heterocycles. The van der Waals surface area contributed by atoms with Gasteiger partial charge < -0.3 is 14.2 Å². The molecule has 1 aliphatic rings. The predicted octanol–water partition coefficient (Wildman–Crippen LogP) is 1.88. The molecule has 17 heavy (non-hydrogen) atoms. The Kier molecular flexibility index (Phi) is 3.53. The van der Waals surface area contributed by atoms with Gasteiger partial charge in [-0.25, -0.2) is 8.78 Å². The van der Waals surface area contributed by atoms with Crippen LogP contribution < -0.4 is 9.47 Å². The van der Waals surface area contributed by atoms with Crippen LogP contribution in [0.25, 0.3) is 0 Å². The van der Waals surface area contributed by atoms with E-state index in [0.717, 1.165) is 0 Å². The van der Waals surface area contributed by atoms with E-state index in [4.69, 9.17) is 9.47 Å². The van der Waals surface area contributed by atoms with Gasteiger partial charge in [0.05, 0.1) is 0 Å². The average Bonchev–Trinajstić information content (AvgIpc) is 2.75. The van der Waals surface area contributed by atoms with Gasteiger partial charge in [-0.05, 0) is 18.2 Å². The van der Waals surface area contributed by atoms with Crippen LogP contribution in [-0.4, -0.2) is 32.2 Å². The Morgan fingerprint density at radius 3 is 2.88 bits per heavy atom. The van der Waals surface area contributed by atoms with Crippen molar-refractivity contribution in [1.29, 1.82) is 0 Å². The minimum atomic E-state index is -2.57. The number of fused-ring (bicyclic) bond motifs is 1. The van der Waals surface area contributed by atoms with Crippen LogP contribution in [0.4, 0.5) is 8.78 Å². The highest BCUT2D eigenvalue weighted by atomic mass is 19.3. The number of Topliss-reactive ketones (excluding diaryl/α,β-unsaturated/α-hetero) is 1. The fourth-order valence-electron chi connectivity index (χ4n) is 1.39.